The Bertz CT molecular complexity index is 490. The van der Waals surface area contributed by atoms with Gasteiger partial charge in [0.2, 0.25) is 0 Å². The van der Waals surface area contributed by atoms with E-state index in [2.05, 4.69) is 59.0 Å². The van der Waals surface area contributed by atoms with Crippen molar-refractivity contribution in [2.75, 3.05) is 6.54 Å². The first-order chi connectivity index (χ1) is 9.81. The Labute approximate surface area is 122 Å². The van der Waals surface area contributed by atoms with E-state index in [1.54, 1.807) is 0 Å². The van der Waals surface area contributed by atoms with Crippen molar-refractivity contribution in [1.29, 1.82) is 0 Å². The van der Waals surface area contributed by atoms with Gasteiger partial charge in [-0.2, -0.15) is 0 Å². The minimum atomic E-state index is 0.483. The third kappa shape index (κ3) is 4.20. The maximum absolute atomic E-state index is 4.30. The maximum atomic E-state index is 4.30. The average molecular weight is 271 g/mol. The topological polar surface area (TPSA) is 29.9 Å². The summed E-state index contributed by atoms with van der Waals surface area (Å²) in [5.41, 5.74) is 2.68. The van der Waals surface area contributed by atoms with Crippen LogP contribution in [0.1, 0.15) is 44.0 Å². The van der Waals surface area contributed by atoms with E-state index >= 15 is 0 Å². The fourth-order valence-electron chi connectivity index (χ4n) is 2.42. The number of imidazole rings is 1. The quantitative estimate of drug-likeness (QED) is 0.744. The van der Waals surface area contributed by atoms with Gasteiger partial charge in [-0.25, -0.2) is 4.98 Å². The van der Waals surface area contributed by atoms with E-state index < -0.39 is 0 Å². The first kappa shape index (κ1) is 14.8. The molecule has 1 atom stereocenters. The first-order valence-electron chi connectivity index (χ1n) is 7.56. The highest BCUT2D eigenvalue weighted by Gasteiger charge is 2.09. The Balaban J connectivity index is 1.89. The van der Waals surface area contributed by atoms with E-state index in [-0.39, 0.29) is 0 Å². The predicted octanol–water partition coefficient (Wildman–Crippen LogP) is 3.58. The van der Waals surface area contributed by atoms with Gasteiger partial charge in [0.1, 0.15) is 0 Å². The molecule has 2 aromatic rings. The number of nitrogens with zero attached hydrogens (tertiary/aromatic N) is 2. The Morgan fingerprint density at radius 1 is 1.25 bits per heavy atom. The van der Waals surface area contributed by atoms with Crippen LogP contribution in [-0.4, -0.2) is 16.1 Å². The number of benzene rings is 1. The van der Waals surface area contributed by atoms with Gasteiger partial charge in [-0.05, 0) is 38.3 Å². The van der Waals surface area contributed by atoms with Gasteiger partial charge in [0.25, 0.3) is 0 Å². The van der Waals surface area contributed by atoms with E-state index in [9.17, 15) is 0 Å². The predicted molar refractivity (Wildman–Crippen MR) is 83.7 cm³/mol. The summed E-state index contributed by atoms with van der Waals surface area (Å²) >= 11 is 0. The fourth-order valence-corrected chi connectivity index (χ4v) is 2.42. The summed E-state index contributed by atoms with van der Waals surface area (Å²) in [5, 5.41) is 3.45. The van der Waals surface area contributed by atoms with Crippen LogP contribution in [0.25, 0.3) is 0 Å². The van der Waals surface area contributed by atoms with Crippen molar-refractivity contribution < 1.29 is 0 Å². The second kappa shape index (κ2) is 7.85. The lowest BCUT2D eigenvalue weighted by molar-refractivity contribution is 0.481. The molecule has 0 saturated carbocycles. The van der Waals surface area contributed by atoms with E-state index in [1.165, 1.54) is 11.3 Å². The van der Waals surface area contributed by atoms with Crippen molar-refractivity contribution in [3.63, 3.8) is 0 Å². The second-order valence-corrected chi connectivity index (χ2v) is 5.34. The summed E-state index contributed by atoms with van der Waals surface area (Å²) in [4.78, 5) is 4.30. The molecule has 3 heteroatoms. The van der Waals surface area contributed by atoms with E-state index in [0.717, 1.165) is 32.4 Å². The molecule has 2 rings (SSSR count). The van der Waals surface area contributed by atoms with Crippen LogP contribution in [0, 0.1) is 0 Å². The van der Waals surface area contributed by atoms with E-state index in [1.807, 2.05) is 12.5 Å². The molecule has 20 heavy (non-hydrogen) atoms. The number of hydrogen-bond acceptors (Lipinski definition) is 2. The molecule has 0 saturated heterocycles. The Morgan fingerprint density at radius 2 is 2.05 bits per heavy atom. The highest BCUT2D eigenvalue weighted by atomic mass is 15.1. The Kier molecular flexibility index (Phi) is 5.81. The van der Waals surface area contributed by atoms with Crippen molar-refractivity contribution in [1.82, 2.24) is 14.9 Å². The van der Waals surface area contributed by atoms with E-state index in [4.69, 9.17) is 0 Å². The van der Waals surface area contributed by atoms with Crippen LogP contribution in [0.2, 0.25) is 0 Å². The summed E-state index contributed by atoms with van der Waals surface area (Å²) in [6, 6.07) is 11.2. The average Bonchev–Trinajstić information content (AvgIpc) is 2.95. The number of nitrogens with one attached hydrogen (secondary N) is 1. The highest BCUT2D eigenvalue weighted by molar-refractivity contribution is 5.14. The summed E-state index contributed by atoms with van der Waals surface area (Å²) in [7, 11) is 0. The molecule has 0 bridgehead atoms. The molecule has 0 aliphatic heterocycles. The normalized spacial score (nSPS) is 12.5. The van der Waals surface area contributed by atoms with E-state index in [0.29, 0.717) is 6.04 Å². The zero-order valence-electron chi connectivity index (χ0n) is 12.5. The van der Waals surface area contributed by atoms with Gasteiger partial charge in [0.15, 0.2) is 0 Å². The molecular weight excluding hydrogens is 246 g/mol. The van der Waals surface area contributed by atoms with Gasteiger partial charge in [0, 0.05) is 18.8 Å². The van der Waals surface area contributed by atoms with Gasteiger partial charge < -0.3 is 9.88 Å². The molecule has 108 valence electrons. The van der Waals surface area contributed by atoms with Crippen molar-refractivity contribution in [2.45, 2.75) is 45.7 Å². The number of aryl methyl sites for hydroxylation is 1. The van der Waals surface area contributed by atoms with Crippen molar-refractivity contribution in [3.05, 3.63) is 54.1 Å². The van der Waals surface area contributed by atoms with Crippen molar-refractivity contribution >= 4 is 0 Å². The van der Waals surface area contributed by atoms with Crippen molar-refractivity contribution in [3.8, 4) is 0 Å². The zero-order valence-corrected chi connectivity index (χ0v) is 12.5. The Hall–Kier alpha value is -1.61. The molecule has 3 nitrogen and oxygen atoms in total. The number of aromatic nitrogens is 2. The summed E-state index contributed by atoms with van der Waals surface area (Å²) in [5.74, 6) is 0. The summed E-state index contributed by atoms with van der Waals surface area (Å²) < 4.78 is 2.30. The van der Waals surface area contributed by atoms with Crippen LogP contribution in [0.3, 0.4) is 0 Å². The van der Waals surface area contributed by atoms with Gasteiger partial charge in [-0.3, -0.25) is 0 Å². The SMILES string of the molecule is CCCNCc1cncn1C(C)CCc1ccccc1. The summed E-state index contributed by atoms with van der Waals surface area (Å²) in [6.07, 6.45) is 7.35. The molecule has 1 aromatic carbocycles. The number of hydrogen-bond donors (Lipinski definition) is 1. The molecule has 0 spiro atoms. The molecule has 0 aliphatic rings. The fraction of sp³-hybridized carbons (Fsp3) is 0.471. The lowest BCUT2D eigenvalue weighted by Crippen LogP contribution is -2.18. The standard InChI is InChI=1S/C17H25N3/c1-3-11-18-12-17-13-19-14-20(17)15(2)9-10-16-7-5-4-6-8-16/h4-8,13-15,18H,3,9-12H2,1-2H3. The lowest BCUT2D eigenvalue weighted by atomic mass is 10.1. The van der Waals surface area contributed by atoms with Crippen LogP contribution >= 0.6 is 0 Å². The lowest BCUT2D eigenvalue weighted by Gasteiger charge is -2.17. The number of rotatable bonds is 8. The minimum absolute atomic E-state index is 0.483. The molecular formula is C17H25N3. The first-order valence-corrected chi connectivity index (χ1v) is 7.56. The van der Waals surface area contributed by atoms with Gasteiger partial charge in [-0.15, -0.1) is 0 Å². The molecule has 1 heterocycles. The highest BCUT2D eigenvalue weighted by Crippen LogP contribution is 2.16. The van der Waals surface area contributed by atoms with Crippen LogP contribution in [0.5, 0.6) is 0 Å². The zero-order chi connectivity index (χ0) is 14.2. The van der Waals surface area contributed by atoms with Crippen LogP contribution < -0.4 is 5.32 Å². The second-order valence-electron chi connectivity index (χ2n) is 5.34. The largest absolute Gasteiger partial charge is 0.331 e. The Morgan fingerprint density at radius 3 is 2.80 bits per heavy atom. The van der Waals surface area contributed by atoms with Gasteiger partial charge in [-0.1, -0.05) is 37.3 Å². The molecule has 0 aliphatic carbocycles. The smallest absolute Gasteiger partial charge is 0.0951 e. The minimum Gasteiger partial charge on any atom is -0.331 e. The van der Waals surface area contributed by atoms with Crippen LogP contribution in [0.4, 0.5) is 0 Å². The molecule has 0 fully saturated rings. The molecule has 1 N–H and O–H groups in total. The molecule has 1 aromatic heterocycles. The van der Waals surface area contributed by atoms with Gasteiger partial charge in [0.05, 0.1) is 12.0 Å². The van der Waals surface area contributed by atoms with Crippen LogP contribution in [-0.2, 0) is 13.0 Å². The third-order valence-corrected chi connectivity index (χ3v) is 3.65. The summed E-state index contributed by atoms with van der Waals surface area (Å²) in [6.45, 7) is 6.42. The molecule has 0 amide bonds. The van der Waals surface area contributed by atoms with Gasteiger partial charge >= 0.3 is 0 Å². The molecule has 0 radical (unpaired) electrons. The third-order valence-electron chi connectivity index (χ3n) is 3.65. The monoisotopic (exact) mass is 271 g/mol. The molecule has 1 unspecified atom stereocenters. The van der Waals surface area contributed by atoms with Crippen molar-refractivity contribution in [2.24, 2.45) is 0 Å². The maximum Gasteiger partial charge on any atom is 0.0951 e. The van der Waals surface area contributed by atoms with Crippen LogP contribution in [0.15, 0.2) is 42.9 Å².